The number of piperazine rings is 1. The van der Waals surface area contributed by atoms with Crippen LogP contribution in [0.3, 0.4) is 0 Å². The van der Waals surface area contributed by atoms with E-state index < -0.39 is 0 Å². The molecule has 1 saturated heterocycles. The van der Waals surface area contributed by atoms with E-state index in [9.17, 15) is 0 Å². The highest BCUT2D eigenvalue weighted by Gasteiger charge is 2.15. The van der Waals surface area contributed by atoms with Crippen LogP contribution in [0.25, 0.3) is 0 Å². The van der Waals surface area contributed by atoms with E-state index >= 15 is 0 Å². The maximum atomic E-state index is 5.53. The molecule has 0 spiro atoms. The minimum atomic E-state index is 0. The van der Waals surface area contributed by atoms with Crippen molar-refractivity contribution in [3.63, 3.8) is 0 Å². The Balaban J connectivity index is 0.00000363. The number of hydrogen-bond acceptors (Lipinski definition) is 5. The molecule has 1 aliphatic heterocycles. The summed E-state index contributed by atoms with van der Waals surface area (Å²) in [6.07, 6.45) is 1.95. The molecule has 0 saturated carbocycles. The van der Waals surface area contributed by atoms with Gasteiger partial charge in [-0.15, -0.1) is 24.0 Å². The van der Waals surface area contributed by atoms with Crippen molar-refractivity contribution in [2.45, 2.75) is 26.9 Å². The van der Waals surface area contributed by atoms with Gasteiger partial charge in [-0.2, -0.15) is 0 Å². The minimum Gasteiger partial charge on any atom is -0.494 e. The molecule has 0 bridgehead atoms. The summed E-state index contributed by atoms with van der Waals surface area (Å²) >= 11 is 0. The van der Waals surface area contributed by atoms with Gasteiger partial charge in [0.05, 0.1) is 13.2 Å². The van der Waals surface area contributed by atoms with Crippen LogP contribution in [0.1, 0.15) is 25.0 Å². The first-order chi connectivity index (χ1) is 15.1. The third-order valence-corrected chi connectivity index (χ3v) is 5.40. The highest BCUT2D eigenvalue weighted by Crippen LogP contribution is 2.15. The Bertz CT molecular complexity index is 819. The van der Waals surface area contributed by atoms with Crippen molar-refractivity contribution in [2.75, 3.05) is 58.3 Å². The molecular weight excluding hydrogens is 515 g/mol. The summed E-state index contributed by atoms with van der Waals surface area (Å²) < 4.78 is 5.53. The number of guanidine groups is 1. The van der Waals surface area contributed by atoms with Crippen LogP contribution in [0.5, 0.6) is 5.75 Å². The van der Waals surface area contributed by atoms with Gasteiger partial charge < -0.3 is 24.8 Å². The summed E-state index contributed by atoms with van der Waals surface area (Å²) in [4.78, 5) is 16.4. The second kappa shape index (κ2) is 13.5. The Morgan fingerprint density at radius 3 is 2.34 bits per heavy atom. The Labute approximate surface area is 209 Å². The number of likely N-dealkylation sites (N-methyl/N-ethyl adjacent to an activating group) is 1. The quantitative estimate of drug-likeness (QED) is 0.308. The van der Waals surface area contributed by atoms with Gasteiger partial charge in [-0.3, -0.25) is 0 Å². The molecule has 0 radical (unpaired) electrons. The van der Waals surface area contributed by atoms with Gasteiger partial charge in [0.25, 0.3) is 0 Å². The maximum Gasteiger partial charge on any atom is 0.194 e. The third kappa shape index (κ3) is 7.81. The largest absolute Gasteiger partial charge is 0.494 e. The zero-order valence-electron chi connectivity index (χ0n) is 19.8. The molecule has 0 unspecified atom stereocenters. The van der Waals surface area contributed by atoms with E-state index in [2.05, 4.69) is 70.3 Å². The average Bonchev–Trinajstić information content (AvgIpc) is 2.79. The molecule has 1 fully saturated rings. The lowest BCUT2D eigenvalue weighted by Crippen LogP contribution is -2.44. The molecule has 2 aromatic rings. The fourth-order valence-corrected chi connectivity index (χ4v) is 3.58. The number of ether oxygens (including phenoxy) is 1. The monoisotopic (exact) mass is 552 g/mol. The number of benzene rings is 1. The molecule has 1 N–H and O–H groups in total. The van der Waals surface area contributed by atoms with Gasteiger partial charge >= 0.3 is 0 Å². The number of pyridine rings is 1. The first kappa shape index (κ1) is 26.2. The van der Waals surface area contributed by atoms with Gasteiger partial charge in [0.1, 0.15) is 11.6 Å². The number of nitrogens with zero attached hydrogens (tertiary/aromatic N) is 5. The van der Waals surface area contributed by atoms with Crippen molar-refractivity contribution >= 4 is 35.8 Å². The number of anilines is 1. The lowest BCUT2D eigenvalue weighted by Gasteiger charge is -2.33. The molecule has 8 heteroatoms. The number of hydrogen-bond donors (Lipinski definition) is 1. The fourth-order valence-electron chi connectivity index (χ4n) is 3.58. The number of rotatable bonds is 8. The van der Waals surface area contributed by atoms with Crippen molar-refractivity contribution in [3.05, 3.63) is 53.7 Å². The van der Waals surface area contributed by atoms with Crippen LogP contribution >= 0.6 is 24.0 Å². The molecule has 0 aliphatic carbocycles. The molecule has 1 aromatic carbocycles. The SMILES string of the molecule is CCNC(=NCc1ccc(N2CCN(C)CC2)nc1)N(C)Cc1ccc(OCC)cc1.I. The third-order valence-electron chi connectivity index (χ3n) is 5.40. The molecular formula is C24H37IN6O. The highest BCUT2D eigenvalue weighted by molar-refractivity contribution is 14.0. The highest BCUT2D eigenvalue weighted by atomic mass is 127. The predicted molar refractivity (Wildman–Crippen MR) is 143 cm³/mol. The van der Waals surface area contributed by atoms with E-state index in [1.54, 1.807) is 0 Å². The van der Waals surface area contributed by atoms with Crippen molar-refractivity contribution in [1.82, 2.24) is 20.1 Å². The van der Waals surface area contributed by atoms with Gasteiger partial charge in [0.15, 0.2) is 5.96 Å². The Morgan fingerprint density at radius 2 is 1.75 bits per heavy atom. The van der Waals surface area contributed by atoms with E-state index in [4.69, 9.17) is 9.73 Å². The standard InChI is InChI=1S/C24H36N6O.HI/c1-5-25-24(29(4)19-20-7-10-22(11-8-20)31-6-2)27-18-21-9-12-23(26-17-21)30-15-13-28(3)14-16-30;/h7-12,17H,5-6,13-16,18-19H2,1-4H3,(H,25,27);1H. The molecule has 1 aromatic heterocycles. The van der Waals surface area contributed by atoms with Crippen molar-refractivity contribution in [2.24, 2.45) is 4.99 Å². The average molecular weight is 553 g/mol. The first-order valence-corrected chi connectivity index (χ1v) is 11.2. The number of halogens is 1. The Hall–Kier alpha value is -2.07. The fraction of sp³-hybridized carbons (Fsp3) is 0.500. The number of aromatic nitrogens is 1. The van der Waals surface area contributed by atoms with Gasteiger partial charge in [0.2, 0.25) is 0 Å². The lowest BCUT2D eigenvalue weighted by molar-refractivity contribution is 0.312. The molecule has 0 atom stereocenters. The van der Waals surface area contributed by atoms with Crippen LogP contribution in [0.4, 0.5) is 5.82 Å². The number of aliphatic imine (C=N–C) groups is 1. The van der Waals surface area contributed by atoms with Crippen molar-refractivity contribution in [3.8, 4) is 5.75 Å². The maximum absolute atomic E-state index is 5.53. The topological polar surface area (TPSA) is 56.2 Å². The summed E-state index contributed by atoms with van der Waals surface area (Å²) in [6.45, 7) is 11.2. The van der Waals surface area contributed by atoms with Gasteiger partial charge in [0, 0.05) is 52.5 Å². The smallest absolute Gasteiger partial charge is 0.194 e. The number of nitrogens with one attached hydrogen (secondary N) is 1. The van der Waals surface area contributed by atoms with E-state index in [1.165, 1.54) is 5.56 Å². The Morgan fingerprint density at radius 1 is 1.06 bits per heavy atom. The van der Waals surface area contributed by atoms with E-state index in [-0.39, 0.29) is 24.0 Å². The normalized spacial score (nSPS) is 14.6. The molecule has 176 valence electrons. The molecule has 1 aliphatic rings. The molecule has 0 amide bonds. The van der Waals surface area contributed by atoms with E-state index in [1.807, 2.05) is 25.3 Å². The van der Waals surface area contributed by atoms with E-state index in [0.29, 0.717) is 13.2 Å². The van der Waals surface area contributed by atoms with Crippen molar-refractivity contribution < 1.29 is 4.74 Å². The van der Waals surface area contributed by atoms with Crippen LogP contribution in [0, 0.1) is 0 Å². The van der Waals surface area contributed by atoms with Crippen molar-refractivity contribution in [1.29, 1.82) is 0 Å². The van der Waals surface area contributed by atoms with Gasteiger partial charge in [-0.05, 0) is 50.2 Å². The second-order valence-electron chi connectivity index (χ2n) is 7.92. The van der Waals surface area contributed by atoms with Crippen LogP contribution in [0.15, 0.2) is 47.6 Å². The zero-order valence-corrected chi connectivity index (χ0v) is 22.1. The Kier molecular flexibility index (Phi) is 11.0. The van der Waals surface area contributed by atoms with Crippen LogP contribution in [0.2, 0.25) is 0 Å². The minimum absolute atomic E-state index is 0. The van der Waals surface area contributed by atoms with Crippen LogP contribution in [-0.4, -0.2) is 74.2 Å². The van der Waals surface area contributed by atoms with Crippen LogP contribution in [-0.2, 0) is 13.1 Å². The van der Waals surface area contributed by atoms with Gasteiger partial charge in [-0.1, -0.05) is 18.2 Å². The van der Waals surface area contributed by atoms with Crippen LogP contribution < -0.4 is 15.0 Å². The summed E-state index contributed by atoms with van der Waals surface area (Å²) in [7, 11) is 4.23. The lowest BCUT2D eigenvalue weighted by atomic mass is 10.2. The summed E-state index contributed by atoms with van der Waals surface area (Å²) in [5.41, 5.74) is 2.33. The summed E-state index contributed by atoms with van der Waals surface area (Å²) in [6, 6.07) is 12.5. The zero-order chi connectivity index (χ0) is 22.1. The molecule has 2 heterocycles. The summed E-state index contributed by atoms with van der Waals surface area (Å²) in [5.74, 6) is 2.85. The molecule has 7 nitrogen and oxygen atoms in total. The first-order valence-electron chi connectivity index (χ1n) is 11.2. The molecule has 32 heavy (non-hydrogen) atoms. The molecule has 3 rings (SSSR count). The van der Waals surface area contributed by atoms with E-state index in [0.717, 1.165) is 62.4 Å². The van der Waals surface area contributed by atoms with Gasteiger partial charge in [-0.25, -0.2) is 9.98 Å². The summed E-state index contributed by atoms with van der Waals surface area (Å²) in [5, 5.41) is 3.39. The predicted octanol–water partition coefficient (Wildman–Crippen LogP) is 3.45. The second-order valence-corrected chi connectivity index (χ2v) is 7.92.